The van der Waals surface area contributed by atoms with E-state index in [1.54, 1.807) is 23.2 Å². The van der Waals surface area contributed by atoms with Gasteiger partial charge in [-0.25, -0.2) is 4.39 Å². The Morgan fingerprint density at radius 1 is 1.18 bits per heavy atom. The molecule has 0 saturated heterocycles. The fraction of sp³-hybridized carbons (Fsp3) is 0.182. The second-order valence-corrected chi connectivity index (χ2v) is 7.51. The molecule has 0 radical (unpaired) electrons. The molecule has 4 nitrogen and oxygen atoms in total. The van der Waals surface area contributed by atoms with Crippen LogP contribution in [0.4, 0.5) is 4.39 Å². The fourth-order valence-electron chi connectivity index (χ4n) is 3.26. The van der Waals surface area contributed by atoms with Gasteiger partial charge in [0.1, 0.15) is 18.2 Å². The lowest BCUT2D eigenvalue weighted by molar-refractivity contribution is -0.131. The van der Waals surface area contributed by atoms with E-state index < -0.39 is 0 Å². The molecule has 0 N–H and O–H groups in total. The van der Waals surface area contributed by atoms with Crippen LogP contribution in [0.15, 0.2) is 65.4 Å². The summed E-state index contributed by atoms with van der Waals surface area (Å²) in [5, 5.41) is 0. The predicted molar refractivity (Wildman–Crippen MR) is 108 cm³/mol. The molecule has 6 heteroatoms. The van der Waals surface area contributed by atoms with Crippen LogP contribution < -0.4 is 4.74 Å². The number of ether oxygens (including phenoxy) is 1. The third-order valence-corrected chi connectivity index (χ3v) is 5.34. The summed E-state index contributed by atoms with van der Waals surface area (Å²) >= 11 is 3.17. The van der Waals surface area contributed by atoms with Crippen LogP contribution >= 0.6 is 15.9 Å². The molecule has 2 aromatic carbocycles. The van der Waals surface area contributed by atoms with Crippen molar-refractivity contribution in [2.24, 2.45) is 0 Å². The predicted octanol–water partition coefficient (Wildman–Crippen LogP) is 4.61. The maximum Gasteiger partial charge on any atom is 0.227 e. The van der Waals surface area contributed by atoms with E-state index in [0.717, 1.165) is 28.0 Å². The maximum atomic E-state index is 13.4. The van der Waals surface area contributed by atoms with Crippen LogP contribution in [-0.4, -0.2) is 28.9 Å². The summed E-state index contributed by atoms with van der Waals surface area (Å²) in [6.07, 6.45) is 3.77. The van der Waals surface area contributed by atoms with Crippen LogP contribution in [0.2, 0.25) is 0 Å². The third kappa shape index (κ3) is 4.07. The molecule has 1 aliphatic rings. The number of pyridine rings is 1. The van der Waals surface area contributed by atoms with Crippen molar-refractivity contribution in [1.82, 2.24) is 9.88 Å². The van der Waals surface area contributed by atoms with Crippen molar-refractivity contribution in [1.29, 1.82) is 0 Å². The SMILES string of the molecule is O=C(Cc1ccc(F)c(Br)c1)N1CCOc2ccc(-c3cccnc3)cc2C1. The van der Waals surface area contributed by atoms with Crippen LogP contribution in [0.3, 0.4) is 0 Å². The second kappa shape index (κ2) is 8.10. The zero-order valence-corrected chi connectivity index (χ0v) is 16.7. The van der Waals surface area contributed by atoms with Gasteiger partial charge in [0, 0.05) is 30.1 Å². The van der Waals surface area contributed by atoms with Crippen molar-refractivity contribution in [3.8, 4) is 16.9 Å². The Balaban J connectivity index is 1.55. The Morgan fingerprint density at radius 3 is 2.86 bits per heavy atom. The van der Waals surface area contributed by atoms with Crippen molar-refractivity contribution in [2.75, 3.05) is 13.2 Å². The van der Waals surface area contributed by atoms with Gasteiger partial charge in [-0.2, -0.15) is 0 Å². The molecule has 4 rings (SSSR count). The zero-order valence-electron chi connectivity index (χ0n) is 15.1. The Labute approximate surface area is 171 Å². The van der Waals surface area contributed by atoms with Gasteiger partial charge in [0.2, 0.25) is 5.91 Å². The first-order valence-electron chi connectivity index (χ1n) is 8.98. The number of carbonyl (C=O) groups excluding carboxylic acids is 1. The fourth-order valence-corrected chi connectivity index (χ4v) is 3.68. The standard InChI is InChI=1S/C22H18BrFN2O2/c23-19-10-15(3-5-20(19)24)11-22(27)26-8-9-28-21-6-4-16(12-18(21)14-26)17-2-1-7-25-13-17/h1-7,10,12-13H,8-9,11,14H2. The van der Waals surface area contributed by atoms with Crippen LogP contribution in [-0.2, 0) is 17.8 Å². The zero-order chi connectivity index (χ0) is 19.5. The summed E-state index contributed by atoms with van der Waals surface area (Å²) in [6.45, 7) is 1.43. The number of aromatic nitrogens is 1. The lowest BCUT2D eigenvalue weighted by atomic mass is 10.0. The minimum absolute atomic E-state index is 0.0123. The van der Waals surface area contributed by atoms with Crippen LogP contribution in [0.25, 0.3) is 11.1 Å². The highest BCUT2D eigenvalue weighted by Gasteiger charge is 2.21. The first kappa shape index (κ1) is 18.6. The largest absolute Gasteiger partial charge is 0.491 e. The van der Waals surface area contributed by atoms with Gasteiger partial charge in [0.15, 0.2) is 0 Å². The molecule has 0 aliphatic carbocycles. The average Bonchev–Trinajstić information content (AvgIpc) is 2.93. The van der Waals surface area contributed by atoms with Crippen LogP contribution in [0, 0.1) is 5.82 Å². The molecule has 1 aromatic heterocycles. The maximum absolute atomic E-state index is 13.4. The van der Waals surface area contributed by atoms with E-state index in [2.05, 4.69) is 20.9 Å². The minimum atomic E-state index is -0.337. The van der Waals surface area contributed by atoms with Gasteiger partial charge in [0.05, 0.1) is 17.4 Å². The van der Waals surface area contributed by atoms with Crippen molar-refractivity contribution in [3.05, 3.63) is 82.3 Å². The topological polar surface area (TPSA) is 42.4 Å². The Morgan fingerprint density at radius 2 is 2.07 bits per heavy atom. The average molecular weight is 441 g/mol. The number of benzene rings is 2. The molecule has 1 aliphatic heterocycles. The highest BCUT2D eigenvalue weighted by Crippen LogP contribution is 2.29. The molecule has 0 atom stereocenters. The van der Waals surface area contributed by atoms with Crippen molar-refractivity contribution in [2.45, 2.75) is 13.0 Å². The number of nitrogens with zero attached hydrogens (tertiary/aromatic N) is 2. The molecule has 0 fully saturated rings. The summed E-state index contributed by atoms with van der Waals surface area (Å²) in [5.41, 5.74) is 3.79. The summed E-state index contributed by atoms with van der Waals surface area (Å²) in [6, 6.07) is 14.6. The molecular formula is C22H18BrFN2O2. The molecule has 0 spiro atoms. The number of hydrogen-bond acceptors (Lipinski definition) is 3. The van der Waals surface area contributed by atoms with Gasteiger partial charge >= 0.3 is 0 Å². The molecular weight excluding hydrogens is 423 g/mol. The number of fused-ring (bicyclic) bond motifs is 1. The molecule has 2 heterocycles. The molecule has 28 heavy (non-hydrogen) atoms. The first-order valence-corrected chi connectivity index (χ1v) is 9.77. The number of rotatable bonds is 3. The quantitative estimate of drug-likeness (QED) is 0.596. The van der Waals surface area contributed by atoms with E-state index in [4.69, 9.17) is 4.74 Å². The molecule has 3 aromatic rings. The smallest absolute Gasteiger partial charge is 0.227 e. The van der Waals surface area contributed by atoms with E-state index in [1.165, 1.54) is 6.07 Å². The Bertz CT molecular complexity index is 1010. The van der Waals surface area contributed by atoms with Crippen LogP contribution in [0.1, 0.15) is 11.1 Å². The van der Waals surface area contributed by atoms with Crippen molar-refractivity contribution in [3.63, 3.8) is 0 Å². The molecule has 1 amide bonds. The van der Waals surface area contributed by atoms with Gasteiger partial charge in [-0.3, -0.25) is 9.78 Å². The highest BCUT2D eigenvalue weighted by molar-refractivity contribution is 9.10. The van der Waals surface area contributed by atoms with Crippen molar-refractivity contribution >= 4 is 21.8 Å². The first-order chi connectivity index (χ1) is 13.6. The van der Waals surface area contributed by atoms with E-state index >= 15 is 0 Å². The molecule has 0 saturated carbocycles. The lowest BCUT2D eigenvalue weighted by Gasteiger charge is -2.20. The van der Waals surface area contributed by atoms with E-state index in [1.807, 2.05) is 36.5 Å². The number of hydrogen-bond donors (Lipinski definition) is 0. The summed E-state index contributed by atoms with van der Waals surface area (Å²) in [7, 11) is 0. The molecule has 0 bridgehead atoms. The van der Waals surface area contributed by atoms with Gasteiger partial charge in [-0.15, -0.1) is 0 Å². The number of halogens is 2. The van der Waals surface area contributed by atoms with E-state index in [9.17, 15) is 9.18 Å². The summed E-state index contributed by atoms with van der Waals surface area (Å²) < 4.78 is 19.6. The third-order valence-electron chi connectivity index (χ3n) is 4.73. The van der Waals surface area contributed by atoms with Gasteiger partial charge in [-0.1, -0.05) is 18.2 Å². The number of carbonyl (C=O) groups is 1. The number of amides is 1. The van der Waals surface area contributed by atoms with Crippen LogP contribution in [0.5, 0.6) is 5.75 Å². The molecule has 0 unspecified atom stereocenters. The summed E-state index contributed by atoms with van der Waals surface area (Å²) in [4.78, 5) is 18.8. The van der Waals surface area contributed by atoms with E-state index in [-0.39, 0.29) is 18.1 Å². The Hall–Kier alpha value is -2.73. The Kier molecular flexibility index (Phi) is 5.39. The highest BCUT2D eigenvalue weighted by atomic mass is 79.9. The second-order valence-electron chi connectivity index (χ2n) is 6.65. The monoisotopic (exact) mass is 440 g/mol. The minimum Gasteiger partial charge on any atom is -0.491 e. The van der Waals surface area contributed by atoms with Gasteiger partial charge < -0.3 is 9.64 Å². The summed E-state index contributed by atoms with van der Waals surface area (Å²) in [5.74, 6) is 0.449. The van der Waals surface area contributed by atoms with Crippen molar-refractivity contribution < 1.29 is 13.9 Å². The lowest BCUT2D eigenvalue weighted by Crippen LogP contribution is -2.33. The van der Waals surface area contributed by atoms with Gasteiger partial charge in [-0.05, 0) is 57.4 Å². The molecule has 142 valence electrons. The van der Waals surface area contributed by atoms with E-state index in [0.29, 0.717) is 24.2 Å². The normalized spacial score (nSPS) is 13.4. The van der Waals surface area contributed by atoms with Gasteiger partial charge in [0.25, 0.3) is 0 Å².